The minimum absolute atomic E-state index is 0.149. The largest absolute Gasteiger partial charge is 0.480 e. The molecule has 0 unspecified atom stereocenters. The van der Waals surface area contributed by atoms with Gasteiger partial charge in [-0.15, -0.1) is 0 Å². The van der Waals surface area contributed by atoms with Gasteiger partial charge in [0.25, 0.3) is 5.91 Å². The molecule has 0 aromatic heterocycles. The highest BCUT2D eigenvalue weighted by Gasteiger charge is 2.23. The number of halogens is 1. The number of aliphatic carboxylic acids is 1. The Kier molecular flexibility index (Phi) is 5.19. The Balaban J connectivity index is 2.83. The zero-order valence-corrected chi connectivity index (χ0v) is 10.9. The summed E-state index contributed by atoms with van der Waals surface area (Å²) in [6.45, 7) is 1.49. The number of carbonyl (C=O) groups is 3. The second kappa shape index (κ2) is 6.65. The van der Waals surface area contributed by atoms with Crippen LogP contribution in [-0.4, -0.2) is 28.9 Å². The van der Waals surface area contributed by atoms with E-state index in [1.807, 2.05) is 0 Å². The number of amides is 2. The van der Waals surface area contributed by atoms with Gasteiger partial charge in [-0.05, 0) is 25.0 Å². The second-order valence-corrected chi connectivity index (χ2v) is 4.31. The Morgan fingerprint density at radius 3 is 2.60 bits per heavy atom. The average Bonchev–Trinajstić information content (AvgIpc) is 2.36. The molecule has 0 fully saturated rings. The summed E-state index contributed by atoms with van der Waals surface area (Å²) in [7, 11) is 0. The van der Waals surface area contributed by atoms with Crippen molar-refractivity contribution in [1.29, 1.82) is 0 Å². The summed E-state index contributed by atoms with van der Waals surface area (Å²) in [5.74, 6) is -3.54. The summed E-state index contributed by atoms with van der Waals surface area (Å²) in [6.07, 6.45) is -0.336. The molecule has 0 radical (unpaired) electrons. The molecule has 1 aromatic rings. The molecule has 1 aromatic carbocycles. The van der Waals surface area contributed by atoms with Crippen molar-refractivity contribution in [3.8, 4) is 0 Å². The first-order chi connectivity index (χ1) is 9.32. The lowest BCUT2D eigenvalue weighted by Crippen LogP contribution is -2.41. The average molecular weight is 282 g/mol. The van der Waals surface area contributed by atoms with Gasteiger partial charge in [0.15, 0.2) is 0 Å². The predicted octanol–water partition coefficient (Wildman–Crippen LogP) is 0.583. The fraction of sp³-hybridized carbons (Fsp3) is 0.308. The van der Waals surface area contributed by atoms with Crippen molar-refractivity contribution in [1.82, 2.24) is 5.32 Å². The van der Waals surface area contributed by atoms with Gasteiger partial charge in [-0.25, -0.2) is 9.18 Å². The van der Waals surface area contributed by atoms with E-state index < -0.39 is 29.6 Å². The number of primary amides is 1. The third-order valence-corrected chi connectivity index (χ3v) is 2.72. The maximum atomic E-state index is 13.7. The smallest absolute Gasteiger partial charge is 0.326 e. The van der Waals surface area contributed by atoms with Gasteiger partial charge in [-0.1, -0.05) is 12.1 Å². The lowest BCUT2D eigenvalue weighted by atomic mass is 10.1. The lowest BCUT2D eigenvalue weighted by Gasteiger charge is -2.14. The molecule has 0 bridgehead atoms. The number of nitrogens with two attached hydrogens (primary N) is 1. The first-order valence-corrected chi connectivity index (χ1v) is 5.90. The predicted molar refractivity (Wildman–Crippen MR) is 68.5 cm³/mol. The van der Waals surface area contributed by atoms with E-state index in [2.05, 4.69) is 5.32 Å². The Labute approximate surface area is 114 Å². The number of hydrogen-bond acceptors (Lipinski definition) is 3. The molecule has 2 amide bonds. The first-order valence-electron chi connectivity index (χ1n) is 5.90. The lowest BCUT2D eigenvalue weighted by molar-refractivity contribution is -0.139. The third kappa shape index (κ3) is 4.04. The first kappa shape index (κ1) is 15.6. The number of benzene rings is 1. The van der Waals surface area contributed by atoms with Gasteiger partial charge in [0.1, 0.15) is 11.9 Å². The Bertz CT molecular complexity index is 545. The van der Waals surface area contributed by atoms with Crippen LogP contribution in [0.1, 0.15) is 28.8 Å². The highest BCUT2D eigenvalue weighted by atomic mass is 19.1. The number of aryl methyl sites for hydroxylation is 1. The molecule has 4 N–H and O–H groups in total. The van der Waals surface area contributed by atoms with Gasteiger partial charge in [0.05, 0.1) is 5.56 Å². The van der Waals surface area contributed by atoms with E-state index in [0.29, 0.717) is 0 Å². The summed E-state index contributed by atoms with van der Waals surface area (Å²) in [4.78, 5) is 33.5. The van der Waals surface area contributed by atoms with Crippen molar-refractivity contribution >= 4 is 17.8 Å². The van der Waals surface area contributed by atoms with Crippen LogP contribution in [0.25, 0.3) is 0 Å². The van der Waals surface area contributed by atoms with Crippen molar-refractivity contribution in [2.24, 2.45) is 5.73 Å². The van der Waals surface area contributed by atoms with Crippen LogP contribution in [0.5, 0.6) is 0 Å². The molecule has 0 aliphatic carbocycles. The van der Waals surface area contributed by atoms with Crippen molar-refractivity contribution in [2.75, 3.05) is 0 Å². The molecular formula is C13H15FN2O4. The summed E-state index contributed by atoms with van der Waals surface area (Å²) >= 11 is 0. The SMILES string of the molecule is Cc1cccc(C(=O)N[C@H](CCC(N)=O)C(=O)O)c1F. The normalized spacial score (nSPS) is 11.7. The molecule has 0 spiro atoms. The van der Waals surface area contributed by atoms with E-state index in [4.69, 9.17) is 10.8 Å². The van der Waals surface area contributed by atoms with Gasteiger partial charge in [0, 0.05) is 6.42 Å². The molecule has 7 heteroatoms. The maximum Gasteiger partial charge on any atom is 0.326 e. The molecule has 0 saturated carbocycles. The van der Waals surface area contributed by atoms with Crippen LogP contribution in [0.15, 0.2) is 18.2 Å². The second-order valence-electron chi connectivity index (χ2n) is 4.31. The molecule has 6 nitrogen and oxygen atoms in total. The van der Waals surface area contributed by atoms with Gasteiger partial charge >= 0.3 is 5.97 Å². The van der Waals surface area contributed by atoms with E-state index in [1.54, 1.807) is 0 Å². The third-order valence-electron chi connectivity index (χ3n) is 2.72. The molecule has 0 aliphatic rings. The fourth-order valence-corrected chi connectivity index (χ4v) is 1.60. The number of carbonyl (C=O) groups excluding carboxylic acids is 2. The van der Waals surface area contributed by atoms with Crippen molar-refractivity contribution < 1.29 is 23.9 Å². The number of hydrogen-bond donors (Lipinski definition) is 3. The molecule has 0 saturated heterocycles. The monoisotopic (exact) mass is 282 g/mol. The Hall–Kier alpha value is -2.44. The van der Waals surface area contributed by atoms with Crippen LogP contribution in [0.4, 0.5) is 4.39 Å². The van der Waals surface area contributed by atoms with Gasteiger partial charge < -0.3 is 16.2 Å². The quantitative estimate of drug-likeness (QED) is 0.709. The molecule has 1 atom stereocenters. The fourth-order valence-electron chi connectivity index (χ4n) is 1.60. The minimum Gasteiger partial charge on any atom is -0.480 e. The summed E-state index contributed by atoms with van der Waals surface area (Å²) in [5, 5.41) is 11.1. The maximum absolute atomic E-state index is 13.7. The van der Waals surface area contributed by atoms with E-state index in [-0.39, 0.29) is 24.0 Å². The molecule has 108 valence electrons. The number of rotatable bonds is 6. The van der Waals surface area contributed by atoms with Crippen molar-refractivity contribution in [3.63, 3.8) is 0 Å². The van der Waals surface area contributed by atoms with E-state index in [9.17, 15) is 18.8 Å². The van der Waals surface area contributed by atoms with Crippen LogP contribution in [0.3, 0.4) is 0 Å². The van der Waals surface area contributed by atoms with E-state index in [1.165, 1.54) is 25.1 Å². The zero-order valence-electron chi connectivity index (χ0n) is 10.9. The van der Waals surface area contributed by atoms with Gasteiger partial charge in [-0.3, -0.25) is 9.59 Å². The molecule has 0 aliphatic heterocycles. The summed E-state index contributed by atoms with van der Waals surface area (Å²) in [6, 6.07) is 2.94. The van der Waals surface area contributed by atoms with Gasteiger partial charge in [-0.2, -0.15) is 0 Å². The van der Waals surface area contributed by atoms with Crippen molar-refractivity contribution in [3.05, 3.63) is 35.1 Å². The Morgan fingerprint density at radius 1 is 1.40 bits per heavy atom. The van der Waals surface area contributed by atoms with Crippen LogP contribution < -0.4 is 11.1 Å². The molecular weight excluding hydrogens is 267 g/mol. The zero-order chi connectivity index (χ0) is 15.3. The van der Waals surface area contributed by atoms with Crippen LogP contribution >= 0.6 is 0 Å². The molecule has 20 heavy (non-hydrogen) atoms. The minimum atomic E-state index is -1.31. The highest BCUT2D eigenvalue weighted by molar-refractivity contribution is 5.97. The summed E-state index contributed by atoms with van der Waals surface area (Å²) < 4.78 is 13.7. The van der Waals surface area contributed by atoms with E-state index in [0.717, 1.165) is 0 Å². The summed E-state index contributed by atoms with van der Waals surface area (Å²) in [5.41, 5.74) is 4.96. The standard InChI is InChI=1S/C13H15FN2O4/c1-7-3-2-4-8(11(7)14)12(18)16-9(13(19)20)5-6-10(15)17/h2-4,9H,5-6H2,1H3,(H2,15,17)(H,16,18)(H,19,20)/t9-/m1/s1. The molecule has 1 rings (SSSR count). The molecule has 0 heterocycles. The van der Waals surface area contributed by atoms with Crippen LogP contribution in [-0.2, 0) is 9.59 Å². The van der Waals surface area contributed by atoms with Crippen molar-refractivity contribution in [2.45, 2.75) is 25.8 Å². The van der Waals surface area contributed by atoms with Gasteiger partial charge in [0.2, 0.25) is 5.91 Å². The topological polar surface area (TPSA) is 109 Å². The number of carboxylic acids is 1. The van der Waals surface area contributed by atoms with Crippen LogP contribution in [0, 0.1) is 12.7 Å². The highest BCUT2D eigenvalue weighted by Crippen LogP contribution is 2.12. The number of carboxylic acid groups (broad SMARTS) is 1. The Morgan fingerprint density at radius 2 is 2.05 bits per heavy atom. The number of nitrogens with one attached hydrogen (secondary N) is 1. The van der Waals surface area contributed by atoms with E-state index >= 15 is 0 Å². The van der Waals surface area contributed by atoms with Crippen LogP contribution in [0.2, 0.25) is 0 Å².